The molecule has 3 aliphatic heterocycles. The van der Waals surface area contributed by atoms with Crippen LogP contribution in [-0.2, 0) is 11.3 Å². The molecule has 0 spiro atoms. The van der Waals surface area contributed by atoms with E-state index >= 15 is 0 Å². The topological polar surface area (TPSA) is 48.0 Å². The number of ether oxygens (including phenoxy) is 1. The van der Waals surface area contributed by atoms with Gasteiger partial charge in [-0.3, -0.25) is 9.80 Å². The second-order valence-electron chi connectivity index (χ2n) is 8.12. The normalized spacial score (nSPS) is 25.2. The molecule has 0 saturated carbocycles. The number of hydrogen-bond acceptors (Lipinski definition) is 4. The molecule has 27 heavy (non-hydrogen) atoms. The molecule has 0 aliphatic carbocycles. The maximum Gasteiger partial charge on any atom is 0.321 e. The minimum atomic E-state index is 0.0327. The number of nitrogens with zero attached hydrogens (tertiary/aromatic N) is 3. The van der Waals surface area contributed by atoms with Crippen LogP contribution >= 0.6 is 0 Å². The summed E-state index contributed by atoms with van der Waals surface area (Å²) in [5, 5.41) is 3.15. The standard InChI is InChI=1S/C21H32N4O2/c1-17-6-4-5-9-25(17)19-15-24(16-19)21(26)22-20-8-3-2-7-18(20)14-23-10-12-27-13-11-23/h2-3,7-8,17,19H,4-6,9-16H2,1H3,(H,22,26)/t17-/m0/s1. The Kier molecular flexibility index (Phi) is 5.95. The molecule has 1 N–H and O–H groups in total. The lowest BCUT2D eigenvalue weighted by atomic mass is 9.98. The summed E-state index contributed by atoms with van der Waals surface area (Å²) in [6, 6.07) is 9.38. The Hall–Kier alpha value is -1.63. The molecule has 0 bridgehead atoms. The highest BCUT2D eigenvalue weighted by Gasteiger charge is 2.37. The predicted octanol–water partition coefficient (Wildman–Crippen LogP) is 2.61. The molecule has 3 heterocycles. The lowest BCUT2D eigenvalue weighted by molar-refractivity contribution is 0.0199. The van der Waals surface area contributed by atoms with E-state index in [1.807, 2.05) is 23.1 Å². The third-order valence-corrected chi connectivity index (χ3v) is 6.23. The van der Waals surface area contributed by atoms with Crippen molar-refractivity contribution in [2.45, 2.75) is 44.8 Å². The first-order chi connectivity index (χ1) is 13.2. The second kappa shape index (κ2) is 8.59. The zero-order valence-electron chi connectivity index (χ0n) is 16.4. The molecule has 4 rings (SSSR count). The van der Waals surface area contributed by atoms with Crippen LogP contribution in [0, 0.1) is 0 Å². The fraction of sp³-hybridized carbons (Fsp3) is 0.667. The lowest BCUT2D eigenvalue weighted by Crippen LogP contribution is -2.64. The summed E-state index contributed by atoms with van der Waals surface area (Å²) >= 11 is 0. The van der Waals surface area contributed by atoms with Gasteiger partial charge in [-0.25, -0.2) is 4.79 Å². The van der Waals surface area contributed by atoms with E-state index in [1.165, 1.54) is 31.4 Å². The van der Waals surface area contributed by atoms with Crippen LogP contribution in [0.4, 0.5) is 10.5 Å². The Morgan fingerprint density at radius 3 is 2.70 bits per heavy atom. The van der Waals surface area contributed by atoms with Gasteiger partial charge in [-0.15, -0.1) is 0 Å². The minimum Gasteiger partial charge on any atom is -0.379 e. The molecule has 3 fully saturated rings. The van der Waals surface area contributed by atoms with E-state index in [2.05, 4.69) is 28.1 Å². The molecule has 0 radical (unpaired) electrons. The molecular weight excluding hydrogens is 340 g/mol. The number of benzene rings is 1. The van der Waals surface area contributed by atoms with E-state index in [9.17, 15) is 4.79 Å². The van der Waals surface area contributed by atoms with Crippen LogP contribution in [0.1, 0.15) is 31.7 Å². The van der Waals surface area contributed by atoms with Gasteiger partial charge in [0.05, 0.1) is 13.2 Å². The van der Waals surface area contributed by atoms with E-state index in [1.54, 1.807) is 0 Å². The van der Waals surface area contributed by atoms with Crippen LogP contribution in [0.15, 0.2) is 24.3 Å². The highest BCUT2D eigenvalue weighted by molar-refractivity contribution is 5.90. The Labute approximate surface area is 162 Å². The van der Waals surface area contributed by atoms with Crippen LogP contribution in [0.2, 0.25) is 0 Å². The molecule has 2 amide bonds. The minimum absolute atomic E-state index is 0.0327. The van der Waals surface area contributed by atoms with Gasteiger partial charge in [-0.1, -0.05) is 24.6 Å². The molecule has 1 aromatic carbocycles. The van der Waals surface area contributed by atoms with E-state index in [-0.39, 0.29) is 6.03 Å². The summed E-state index contributed by atoms with van der Waals surface area (Å²) in [5.41, 5.74) is 2.11. The van der Waals surface area contributed by atoms with E-state index in [0.29, 0.717) is 12.1 Å². The summed E-state index contributed by atoms with van der Waals surface area (Å²) in [6.07, 6.45) is 3.92. The van der Waals surface area contributed by atoms with Gasteiger partial charge >= 0.3 is 6.03 Å². The zero-order valence-corrected chi connectivity index (χ0v) is 16.4. The number of nitrogens with one attached hydrogen (secondary N) is 1. The number of rotatable bonds is 4. The second-order valence-corrected chi connectivity index (χ2v) is 8.12. The molecule has 0 aromatic heterocycles. The first-order valence-corrected chi connectivity index (χ1v) is 10.4. The number of amides is 2. The maximum atomic E-state index is 12.7. The van der Waals surface area contributed by atoms with Crippen molar-refractivity contribution in [1.82, 2.24) is 14.7 Å². The molecule has 6 heteroatoms. The average Bonchev–Trinajstić information content (AvgIpc) is 2.64. The average molecular weight is 373 g/mol. The first-order valence-electron chi connectivity index (χ1n) is 10.4. The molecular formula is C21H32N4O2. The van der Waals surface area contributed by atoms with Gasteiger partial charge in [-0.2, -0.15) is 0 Å². The van der Waals surface area contributed by atoms with Crippen molar-refractivity contribution < 1.29 is 9.53 Å². The summed E-state index contributed by atoms with van der Waals surface area (Å²) in [4.78, 5) is 19.6. The van der Waals surface area contributed by atoms with Crippen LogP contribution in [0.25, 0.3) is 0 Å². The number of piperidine rings is 1. The van der Waals surface area contributed by atoms with Gasteiger partial charge in [0, 0.05) is 50.5 Å². The van der Waals surface area contributed by atoms with Gasteiger partial charge in [0.2, 0.25) is 0 Å². The Balaban J connectivity index is 1.31. The quantitative estimate of drug-likeness (QED) is 0.883. The number of para-hydroxylation sites is 1. The Morgan fingerprint density at radius 2 is 1.93 bits per heavy atom. The van der Waals surface area contributed by atoms with Crippen LogP contribution in [0.5, 0.6) is 0 Å². The third kappa shape index (κ3) is 4.45. The third-order valence-electron chi connectivity index (χ3n) is 6.23. The molecule has 148 valence electrons. The first kappa shape index (κ1) is 18.7. The fourth-order valence-electron chi connectivity index (χ4n) is 4.47. The van der Waals surface area contributed by atoms with Crippen LogP contribution < -0.4 is 5.32 Å². The molecule has 1 atom stereocenters. The summed E-state index contributed by atoms with van der Waals surface area (Å²) in [5.74, 6) is 0. The van der Waals surface area contributed by atoms with E-state index < -0.39 is 0 Å². The molecule has 0 unspecified atom stereocenters. The SMILES string of the molecule is C[C@H]1CCCCN1C1CN(C(=O)Nc2ccccc2CN2CCOCC2)C1. The molecule has 3 aliphatic rings. The smallest absolute Gasteiger partial charge is 0.321 e. The Bertz CT molecular complexity index is 641. The molecule has 1 aromatic rings. The van der Waals surface area contributed by atoms with Crippen molar-refractivity contribution in [3.05, 3.63) is 29.8 Å². The zero-order chi connectivity index (χ0) is 18.6. The van der Waals surface area contributed by atoms with Gasteiger partial charge in [0.15, 0.2) is 0 Å². The highest BCUT2D eigenvalue weighted by Crippen LogP contribution is 2.25. The number of carbonyl (C=O) groups is 1. The van der Waals surface area contributed by atoms with Crippen molar-refractivity contribution in [3.63, 3.8) is 0 Å². The number of likely N-dealkylation sites (tertiary alicyclic amines) is 2. The van der Waals surface area contributed by atoms with Crippen LogP contribution in [0.3, 0.4) is 0 Å². The van der Waals surface area contributed by atoms with E-state index in [4.69, 9.17) is 4.74 Å². The van der Waals surface area contributed by atoms with Crippen molar-refractivity contribution in [2.75, 3.05) is 51.3 Å². The number of carbonyl (C=O) groups excluding carboxylic acids is 1. The highest BCUT2D eigenvalue weighted by atomic mass is 16.5. The van der Waals surface area contributed by atoms with Crippen molar-refractivity contribution in [2.24, 2.45) is 0 Å². The van der Waals surface area contributed by atoms with Crippen molar-refractivity contribution in [1.29, 1.82) is 0 Å². The fourth-order valence-corrected chi connectivity index (χ4v) is 4.47. The predicted molar refractivity (Wildman–Crippen MR) is 107 cm³/mol. The number of morpholine rings is 1. The van der Waals surface area contributed by atoms with Crippen molar-refractivity contribution in [3.8, 4) is 0 Å². The monoisotopic (exact) mass is 372 g/mol. The van der Waals surface area contributed by atoms with Crippen LogP contribution in [-0.4, -0.2) is 78.8 Å². The molecule has 3 saturated heterocycles. The van der Waals surface area contributed by atoms with Gasteiger partial charge in [0.1, 0.15) is 0 Å². The Morgan fingerprint density at radius 1 is 1.15 bits per heavy atom. The maximum absolute atomic E-state index is 12.7. The summed E-state index contributed by atoms with van der Waals surface area (Å²) in [6.45, 7) is 9.54. The number of urea groups is 1. The number of hydrogen-bond donors (Lipinski definition) is 1. The van der Waals surface area contributed by atoms with E-state index in [0.717, 1.165) is 51.6 Å². The van der Waals surface area contributed by atoms with Gasteiger partial charge in [0.25, 0.3) is 0 Å². The van der Waals surface area contributed by atoms with Gasteiger partial charge < -0.3 is 15.0 Å². The van der Waals surface area contributed by atoms with Crippen molar-refractivity contribution >= 4 is 11.7 Å². The van der Waals surface area contributed by atoms with Gasteiger partial charge in [-0.05, 0) is 37.9 Å². The lowest BCUT2D eigenvalue weighted by Gasteiger charge is -2.49. The summed E-state index contributed by atoms with van der Waals surface area (Å²) in [7, 11) is 0. The summed E-state index contributed by atoms with van der Waals surface area (Å²) < 4.78 is 5.43. The molecule has 6 nitrogen and oxygen atoms in total. The largest absolute Gasteiger partial charge is 0.379 e. The number of anilines is 1.